The molecule has 0 aromatic heterocycles. The van der Waals surface area contributed by atoms with E-state index >= 15 is 0 Å². The molecule has 0 heterocycles. The molecule has 0 fully saturated rings. The lowest BCUT2D eigenvalue weighted by Crippen LogP contribution is -1.98. The minimum Gasteiger partial charge on any atom is -0.224 e. The molecule has 2 aromatic rings. The summed E-state index contributed by atoms with van der Waals surface area (Å²) >= 11 is 5.14. The van der Waals surface area contributed by atoms with Crippen LogP contribution in [0.25, 0.3) is 10.8 Å². The highest BCUT2D eigenvalue weighted by molar-refractivity contribution is 7.91. The van der Waals surface area contributed by atoms with Crippen LogP contribution in [-0.2, 0) is 9.84 Å². The van der Waals surface area contributed by atoms with Crippen molar-refractivity contribution in [2.45, 2.75) is 9.79 Å². The van der Waals surface area contributed by atoms with Crippen LogP contribution in [0, 0.1) is 0 Å². The second-order valence-corrected chi connectivity index (χ2v) is 5.80. The average molecular weight is 237 g/mol. The highest BCUT2D eigenvalue weighted by Crippen LogP contribution is 2.27. The van der Waals surface area contributed by atoms with Gasteiger partial charge in [-0.2, -0.15) is 0 Å². The molecule has 0 atom stereocenters. The molecule has 0 amide bonds. The fourth-order valence-electron chi connectivity index (χ4n) is 1.57. The summed E-state index contributed by atoms with van der Waals surface area (Å²) in [6.45, 7) is 0. The molecular weight excluding hydrogens is 228 g/mol. The van der Waals surface area contributed by atoms with E-state index in [1.807, 2.05) is 18.2 Å². The first-order valence-corrected chi connectivity index (χ1v) is 6.69. The van der Waals surface area contributed by atoms with E-state index in [4.69, 9.17) is 12.6 Å². The van der Waals surface area contributed by atoms with Crippen LogP contribution in [0.5, 0.6) is 0 Å². The third-order valence-electron chi connectivity index (χ3n) is 2.24. The Kier molecular flexibility index (Phi) is 2.40. The van der Waals surface area contributed by atoms with Crippen LogP contribution in [0.4, 0.5) is 0 Å². The molecule has 1 radical (unpaired) electrons. The molecule has 0 aliphatic rings. The lowest BCUT2D eigenvalue weighted by Gasteiger charge is -2.05. The van der Waals surface area contributed by atoms with Gasteiger partial charge in [0.1, 0.15) is 0 Å². The third-order valence-corrected chi connectivity index (χ3v) is 3.75. The van der Waals surface area contributed by atoms with Crippen molar-refractivity contribution >= 4 is 33.2 Å². The minimum absolute atomic E-state index is 0.340. The topological polar surface area (TPSA) is 34.1 Å². The lowest BCUT2D eigenvalue weighted by atomic mass is 10.1. The Morgan fingerprint density at radius 2 is 1.60 bits per heavy atom. The summed E-state index contributed by atoms with van der Waals surface area (Å²) in [6, 6.07) is 10.5. The second-order valence-electron chi connectivity index (χ2n) is 3.38. The zero-order valence-electron chi connectivity index (χ0n) is 8.10. The van der Waals surface area contributed by atoms with Crippen molar-refractivity contribution in [1.29, 1.82) is 0 Å². The quantitative estimate of drug-likeness (QED) is 0.764. The maximum absolute atomic E-state index is 11.5. The first kappa shape index (κ1) is 10.4. The summed E-state index contributed by atoms with van der Waals surface area (Å²) in [7, 11) is -3.19. The minimum atomic E-state index is -3.19. The van der Waals surface area contributed by atoms with E-state index in [-0.39, 0.29) is 0 Å². The van der Waals surface area contributed by atoms with Crippen LogP contribution in [0.15, 0.2) is 46.2 Å². The van der Waals surface area contributed by atoms with Crippen molar-refractivity contribution in [3.63, 3.8) is 0 Å². The van der Waals surface area contributed by atoms with Gasteiger partial charge in [0.05, 0.1) is 4.90 Å². The third kappa shape index (κ3) is 1.82. The Morgan fingerprint density at radius 1 is 1.00 bits per heavy atom. The summed E-state index contributed by atoms with van der Waals surface area (Å²) in [4.78, 5) is 1.02. The summed E-state index contributed by atoms with van der Waals surface area (Å²) < 4.78 is 23.0. The molecule has 0 aliphatic heterocycles. The fourth-order valence-corrected chi connectivity index (χ4v) is 2.71. The molecule has 15 heavy (non-hydrogen) atoms. The largest absolute Gasteiger partial charge is 0.224 e. The summed E-state index contributed by atoms with van der Waals surface area (Å²) in [5.41, 5.74) is 0. The summed E-state index contributed by atoms with van der Waals surface area (Å²) in [5.74, 6) is 0. The molecule has 0 spiro atoms. The number of rotatable bonds is 1. The van der Waals surface area contributed by atoms with Gasteiger partial charge in [-0.3, -0.25) is 0 Å². The van der Waals surface area contributed by atoms with Gasteiger partial charge >= 0.3 is 0 Å². The summed E-state index contributed by atoms with van der Waals surface area (Å²) in [6.07, 6.45) is 1.21. The van der Waals surface area contributed by atoms with Gasteiger partial charge in [0.25, 0.3) is 0 Å². The van der Waals surface area contributed by atoms with Crippen molar-refractivity contribution in [3.8, 4) is 0 Å². The van der Waals surface area contributed by atoms with E-state index in [1.165, 1.54) is 6.26 Å². The molecular formula is C11H9O2S2. The molecule has 0 saturated heterocycles. The lowest BCUT2D eigenvalue weighted by molar-refractivity contribution is 0.602. The van der Waals surface area contributed by atoms with E-state index in [0.29, 0.717) is 15.2 Å². The molecule has 0 N–H and O–H groups in total. The molecule has 0 unspecified atom stereocenters. The monoisotopic (exact) mass is 237 g/mol. The standard InChI is InChI=1S/C11H9O2S2/c1-15(12,13)11-7-6-10(14)8-4-2-3-5-9(8)11/h2-7H,1H3. The first-order chi connectivity index (χ1) is 7.00. The van der Waals surface area contributed by atoms with E-state index in [9.17, 15) is 8.42 Å². The fraction of sp³-hybridized carbons (Fsp3) is 0.0909. The van der Waals surface area contributed by atoms with Gasteiger partial charge in [-0.05, 0) is 12.1 Å². The van der Waals surface area contributed by atoms with Crippen molar-refractivity contribution in [1.82, 2.24) is 0 Å². The maximum Gasteiger partial charge on any atom is 0.176 e. The molecule has 2 nitrogen and oxygen atoms in total. The van der Waals surface area contributed by atoms with Crippen molar-refractivity contribution in [2.75, 3.05) is 6.26 Å². The van der Waals surface area contributed by atoms with Gasteiger partial charge in [-0.1, -0.05) is 36.9 Å². The summed E-state index contributed by atoms with van der Waals surface area (Å²) in [5, 5.41) is 1.52. The van der Waals surface area contributed by atoms with Crippen LogP contribution in [-0.4, -0.2) is 14.7 Å². The highest BCUT2D eigenvalue weighted by Gasteiger charge is 2.12. The Balaban J connectivity index is 2.96. The molecule has 0 aliphatic carbocycles. The van der Waals surface area contributed by atoms with E-state index < -0.39 is 9.84 Å². The smallest absolute Gasteiger partial charge is 0.176 e. The zero-order valence-corrected chi connectivity index (χ0v) is 9.73. The number of fused-ring (bicyclic) bond motifs is 1. The SMILES string of the molecule is CS(=O)(=O)c1ccc([S])c2ccccc12. The van der Waals surface area contributed by atoms with Gasteiger partial charge < -0.3 is 0 Å². The molecule has 0 saturated carbocycles. The Bertz CT molecular complexity index is 616. The highest BCUT2D eigenvalue weighted by atomic mass is 32.2. The van der Waals surface area contributed by atoms with Crippen LogP contribution >= 0.6 is 12.6 Å². The average Bonchev–Trinajstić information content (AvgIpc) is 2.17. The van der Waals surface area contributed by atoms with Crippen LogP contribution in [0.2, 0.25) is 0 Å². The second kappa shape index (κ2) is 3.47. The number of benzene rings is 2. The van der Waals surface area contributed by atoms with Crippen molar-refractivity contribution in [3.05, 3.63) is 36.4 Å². The molecule has 77 valence electrons. The van der Waals surface area contributed by atoms with E-state index in [0.717, 1.165) is 5.39 Å². The van der Waals surface area contributed by atoms with E-state index in [1.54, 1.807) is 18.2 Å². The Morgan fingerprint density at radius 3 is 2.20 bits per heavy atom. The van der Waals surface area contributed by atoms with Gasteiger partial charge in [0.15, 0.2) is 9.84 Å². The predicted molar refractivity (Wildman–Crippen MR) is 62.9 cm³/mol. The van der Waals surface area contributed by atoms with Gasteiger partial charge in [0.2, 0.25) is 0 Å². The molecule has 2 aromatic carbocycles. The van der Waals surface area contributed by atoms with Gasteiger partial charge in [-0.15, -0.1) is 0 Å². The molecule has 0 bridgehead atoms. The Hall–Kier alpha value is -1.13. The Labute approximate surface area is 94.3 Å². The van der Waals surface area contributed by atoms with Crippen LogP contribution < -0.4 is 0 Å². The van der Waals surface area contributed by atoms with E-state index in [2.05, 4.69) is 0 Å². The zero-order chi connectivity index (χ0) is 11.1. The number of hydrogen-bond donors (Lipinski definition) is 0. The van der Waals surface area contributed by atoms with Gasteiger partial charge in [-0.25, -0.2) is 8.42 Å². The molecule has 4 heteroatoms. The van der Waals surface area contributed by atoms with Crippen LogP contribution in [0.3, 0.4) is 0 Å². The number of sulfone groups is 1. The van der Waals surface area contributed by atoms with Gasteiger partial charge in [0, 0.05) is 21.9 Å². The first-order valence-electron chi connectivity index (χ1n) is 4.39. The van der Waals surface area contributed by atoms with Crippen molar-refractivity contribution < 1.29 is 8.42 Å². The normalized spacial score (nSPS) is 11.8. The predicted octanol–water partition coefficient (Wildman–Crippen LogP) is 2.80. The number of hydrogen-bond acceptors (Lipinski definition) is 2. The molecule has 2 rings (SSSR count). The maximum atomic E-state index is 11.5. The van der Waals surface area contributed by atoms with Crippen LogP contribution in [0.1, 0.15) is 0 Å². The van der Waals surface area contributed by atoms with Crippen molar-refractivity contribution in [2.24, 2.45) is 0 Å².